The molecule has 0 fully saturated rings. The molecule has 28 heavy (non-hydrogen) atoms. The van der Waals surface area contributed by atoms with Crippen molar-refractivity contribution in [3.05, 3.63) is 65.9 Å². The second-order valence-electron chi connectivity index (χ2n) is 7.70. The zero-order valence-electron chi connectivity index (χ0n) is 15.7. The van der Waals surface area contributed by atoms with Crippen molar-refractivity contribution in [2.24, 2.45) is 0 Å². The van der Waals surface area contributed by atoms with Crippen molar-refractivity contribution in [1.29, 1.82) is 0 Å². The molecule has 0 aliphatic carbocycles. The summed E-state index contributed by atoms with van der Waals surface area (Å²) in [6.45, 7) is 6.09. The quantitative estimate of drug-likeness (QED) is 0.480. The number of nitrogens with one attached hydrogen (secondary N) is 1. The summed E-state index contributed by atoms with van der Waals surface area (Å²) in [5, 5.41) is 4.66. The average Bonchev–Trinajstić information content (AvgIpc) is 3.20. The van der Waals surface area contributed by atoms with Crippen molar-refractivity contribution in [3.63, 3.8) is 0 Å². The van der Waals surface area contributed by atoms with Crippen LogP contribution < -0.4 is 0 Å². The van der Waals surface area contributed by atoms with E-state index in [1.165, 1.54) is 12.1 Å². The molecule has 0 saturated heterocycles. The van der Waals surface area contributed by atoms with Gasteiger partial charge in [0.25, 0.3) is 0 Å². The van der Waals surface area contributed by atoms with Crippen LogP contribution in [0.2, 0.25) is 0 Å². The fourth-order valence-electron chi connectivity index (χ4n) is 3.10. The van der Waals surface area contributed by atoms with Gasteiger partial charge in [-0.3, -0.25) is 0 Å². The molecule has 0 atom stereocenters. The Bertz CT molecular complexity index is 1110. The smallest absolute Gasteiger partial charge is 0.322 e. The number of imidazole rings is 1. The van der Waals surface area contributed by atoms with Crippen molar-refractivity contribution in [3.8, 4) is 17.1 Å². The van der Waals surface area contributed by atoms with Gasteiger partial charge in [-0.05, 0) is 24.3 Å². The van der Waals surface area contributed by atoms with Crippen LogP contribution in [0.1, 0.15) is 32.0 Å². The summed E-state index contributed by atoms with van der Waals surface area (Å²) in [7, 11) is 0. The highest BCUT2D eigenvalue weighted by molar-refractivity contribution is 5.81. The van der Waals surface area contributed by atoms with E-state index in [0.29, 0.717) is 22.7 Å². The lowest BCUT2D eigenvalue weighted by molar-refractivity contribution is -0.137. The van der Waals surface area contributed by atoms with Gasteiger partial charge >= 0.3 is 6.18 Å². The maximum absolute atomic E-state index is 12.9. The summed E-state index contributed by atoms with van der Waals surface area (Å²) in [5.41, 5.74) is 2.65. The van der Waals surface area contributed by atoms with Gasteiger partial charge in [0.05, 0.1) is 16.9 Å². The predicted molar refractivity (Wildman–Crippen MR) is 102 cm³/mol. The molecule has 4 rings (SSSR count). The van der Waals surface area contributed by atoms with Crippen LogP contribution in [0.15, 0.2) is 54.6 Å². The number of aromatic amines is 1. The largest absolute Gasteiger partial charge is 0.416 e. The zero-order chi connectivity index (χ0) is 20.1. The number of benzene rings is 2. The van der Waals surface area contributed by atoms with Gasteiger partial charge in [-0.15, -0.1) is 0 Å². The first kappa shape index (κ1) is 18.3. The fraction of sp³-hybridized carbons (Fsp3) is 0.238. The predicted octanol–water partition coefficient (Wildman–Crippen LogP) is 5.73. The third-order valence-electron chi connectivity index (χ3n) is 4.52. The molecule has 4 nitrogen and oxygen atoms in total. The molecule has 1 N–H and O–H groups in total. The summed E-state index contributed by atoms with van der Waals surface area (Å²) < 4.78 is 40.3. The van der Waals surface area contributed by atoms with E-state index in [2.05, 4.69) is 10.1 Å². The van der Waals surface area contributed by atoms with E-state index in [1.807, 2.05) is 51.1 Å². The summed E-state index contributed by atoms with van der Waals surface area (Å²) in [4.78, 5) is 8.02. The van der Waals surface area contributed by atoms with Crippen molar-refractivity contribution in [1.82, 2.24) is 19.7 Å². The van der Waals surface area contributed by atoms with E-state index in [-0.39, 0.29) is 5.41 Å². The van der Waals surface area contributed by atoms with Gasteiger partial charge in [0.15, 0.2) is 5.65 Å². The molecule has 0 amide bonds. The third kappa shape index (κ3) is 3.17. The van der Waals surface area contributed by atoms with Crippen LogP contribution in [0.4, 0.5) is 13.2 Å². The van der Waals surface area contributed by atoms with Gasteiger partial charge in [0.2, 0.25) is 0 Å². The van der Waals surface area contributed by atoms with Crippen LogP contribution in [0.3, 0.4) is 0 Å². The van der Waals surface area contributed by atoms with E-state index < -0.39 is 11.7 Å². The molecule has 4 aromatic rings. The molecule has 0 spiro atoms. The average molecular weight is 384 g/mol. The number of alkyl halides is 3. The number of rotatable bonds is 2. The molecule has 0 aliphatic rings. The summed E-state index contributed by atoms with van der Waals surface area (Å²) in [5.74, 6) is 0.694. The molecule has 0 aliphatic heterocycles. The van der Waals surface area contributed by atoms with E-state index >= 15 is 0 Å². The number of fused-ring (bicyclic) bond motifs is 1. The Morgan fingerprint density at radius 1 is 0.893 bits per heavy atom. The first-order valence-corrected chi connectivity index (χ1v) is 8.87. The van der Waals surface area contributed by atoms with Crippen molar-refractivity contribution >= 4 is 11.2 Å². The van der Waals surface area contributed by atoms with Crippen molar-refractivity contribution in [2.45, 2.75) is 32.4 Å². The van der Waals surface area contributed by atoms with E-state index in [1.54, 1.807) is 4.68 Å². The van der Waals surface area contributed by atoms with Gasteiger partial charge in [0, 0.05) is 11.0 Å². The van der Waals surface area contributed by atoms with Crippen molar-refractivity contribution < 1.29 is 13.2 Å². The lowest BCUT2D eigenvalue weighted by Gasteiger charge is -2.14. The van der Waals surface area contributed by atoms with Crippen LogP contribution in [0, 0.1) is 0 Å². The topological polar surface area (TPSA) is 46.5 Å². The third-order valence-corrected chi connectivity index (χ3v) is 4.52. The number of nitrogens with zero attached hydrogens (tertiary/aromatic N) is 3. The maximum Gasteiger partial charge on any atom is 0.416 e. The Kier molecular flexibility index (Phi) is 4.06. The fourth-order valence-corrected chi connectivity index (χ4v) is 3.10. The molecular formula is C21H19F3N4. The second kappa shape index (κ2) is 6.22. The van der Waals surface area contributed by atoms with Gasteiger partial charge in [-0.2, -0.15) is 18.3 Å². The highest BCUT2D eigenvalue weighted by atomic mass is 19.4. The minimum absolute atomic E-state index is 0.279. The molecule has 7 heteroatoms. The van der Waals surface area contributed by atoms with Crippen molar-refractivity contribution in [2.75, 3.05) is 0 Å². The highest BCUT2D eigenvalue weighted by Crippen LogP contribution is 2.33. The monoisotopic (exact) mass is 384 g/mol. The standard InChI is InChI=1S/C21H19F3N4/c1-20(2,3)17-16-19(26-18(25-16)13-7-5-4-6-8-13)28(27-17)15-11-9-14(10-12-15)21(22,23)24/h4-12H,1-3H3,(H,25,26). The highest BCUT2D eigenvalue weighted by Gasteiger charge is 2.30. The Labute approximate surface area is 160 Å². The first-order chi connectivity index (χ1) is 13.1. The summed E-state index contributed by atoms with van der Waals surface area (Å²) >= 11 is 0. The van der Waals surface area contributed by atoms with Gasteiger partial charge in [-0.25, -0.2) is 9.67 Å². The summed E-state index contributed by atoms with van der Waals surface area (Å²) in [6, 6.07) is 14.6. The molecule has 0 saturated carbocycles. The number of H-pyrrole nitrogens is 1. The first-order valence-electron chi connectivity index (χ1n) is 8.87. The second-order valence-corrected chi connectivity index (χ2v) is 7.70. The Hall–Kier alpha value is -3.09. The van der Waals surface area contributed by atoms with Gasteiger partial charge in [0.1, 0.15) is 11.3 Å². The molecular weight excluding hydrogens is 365 g/mol. The molecule has 144 valence electrons. The molecule has 0 bridgehead atoms. The summed E-state index contributed by atoms with van der Waals surface area (Å²) in [6.07, 6.45) is -4.37. The Morgan fingerprint density at radius 2 is 1.54 bits per heavy atom. The van der Waals surface area contributed by atoms with Crippen LogP contribution >= 0.6 is 0 Å². The van der Waals surface area contributed by atoms with Gasteiger partial charge in [-0.1, -0.05) is 51.1 Å². The molecule has 0 radical (unpaired) electrons. The normalized spacial score (nSPS) is 12.6. The number of hydrogen-bond acceptors (Lipinski definition) is 2. The molecule has 0 unspecified atom stereocenters. The lowest BCUT2D eigenvalue weighted by atomic mass is 9.92. The minimum Gasteiger partial charge on any atom is -0.322 e. The molecule has 2 aromatic heterocycles. The Morgan fingerprint density at radius 3 is 2.11 bits per heavy atom. The SMILES string of the molecule is CC(C)(C)c1nn(-c2ccc(C(F)(F)F)cc2)c2[nH]c(-c3ccccc3)nc12. The number of halogens is 3. The van der Waals surface area contributed by atoms with E-state index in [0.717, 1.165) is 23.4 Å². The van der Waals surface area contributed by atoms with Crippen LogP contribution in [-0.2, 0) is 11.6 Å². The molecule has 2 heterocycles. The Balaban J connectivity index is 1.90. The number of hydrogen-bond donors (Lipinski definition) is 1. The number of aromatic nitrogens is 4. The molecule has 2 aromatic carbocycles. The van der Waals surface area contributed by atoms with Crippen LogP contribution in [-0.4, -0.2) is 19.7 Å². The van der Waals surface area contributed by atoms with E-state index in [4.69, 9.17) is 4.98 Å². The van der Waals surface area contributed by atoms with Crippen LogP contribution in [0.25, 0.3) is 28.2 Å². The minimum atomic E-state index is -4.37. The van der Waals surface area contributed by atoms with Gasteiger partial charge < -0.3 is 4.98 Å². The lowest BCUT2D eigenvalue weighted by Crippen LogP contribution is -2.13. The maximum atomic E-state index is 12.9. The zero-order valence-corrected chi connectivity index (χ0v) is 15.7. The van der Waals surface area contributed by atoms with E-state index in [9.17, 15) is 13.2 Å². The van der Waals surface area contributed by atoms with Crippen LogP contribution in [0.5, 0.6) is 0 Å².